The minimum Gasteiger partial charge on any atom is -0.214 e. The quantitative estimate of drug-likeness (QED) is 0.830. The van der Waals surface area contributed by atoms with Gasteiger partial charge in [-0.1, -0.05) is 18.2 Å². The molecule has 1 aromatic carbocycles. The summed E-state index contributed by atoms with van der Waals surface area (Å²) in [7, 11) is -3.55. The van der Waals surface area contributed by atoms with E-state index in [2.05, 4.69) is 4.72 Å². The van der Waals surface area contributed by atoms with Gasteiger partial charge in [-0.3, -0.25) is 0 Å². The van der Waals surface area contributed by atoms with Gasteiger partial charge in [0.1, 0.15) is 5.82 Å². The van der Waals surface area contributed by atoms with E-state index in [0.717, 1.165) is 0 Å². The van der Waals surface area contributed by atoms with Gasteiger partial charge >= 0.3 is 0 Å². The van der Waals surface area contributed by atoms with E-state index in [9.17, 15) is 12.8 Å². The maximum Gasteiger partial charge on any atom is 0.225 e. The molecule has 0 saturated carbocycles. The molecule has 0 heterocycles. The Labute approximate surface area is 93.8 Å². The van der Waals surface area contributed by atoms with Crippen LogP contribution in [0.4, 0.5) is 4.39 Å². The Balaban J connectivity index is 2.49. The Morgan fingerprint density at radius 2 is 2.06 bits per heavy atom. The fourth-order valence-corrected chi connectivity index (χ4v) is 1.86. The molecule has 6 heteroatoms. The van der Waals surface area contributed by atoms with Crippen molar-refractivity contribution in [2.24, 2.45) is 0 Å². The third-order valence-corrected chi connectivity index (χ3v) is 3.08. The molecule has 0 aliphatic heterocycles. The Morgan fingerprint density at radius 3 is 2.69 bits per heavy atom. The molecule has 0 saturated heterocycles. The first-order valence-electron chi connectivity index (χ1n) is 4.63. The van der Waals surface area contributed by atoms with Crippen molar-refractivity contribution >= 4 is 10.0 Å². The van der Waals surface area contributed by atoms with E-state index in [1.807, 2.05) is 0 Å². The highest BCUT2D eigenvalue weighted by molar-refractivity contribution is 7.89. The number of hydrogen-bond donors (Lipinski definition) is 1. The largest absolute Gasteiger partial charge is 0.225 e. The zero-order valence-corrected chi connectivity index (χ0v) is 9.30. The van der Waals surface area contributed by atoms with Crippen LogP contribution in [0.5, 0.6) is 0 Å². The Morgan fingerprint density at radius 1 is 1.38 bits per heavy atom. The summed E-state index contributed by atoms with van der Waals surface area (Å²) in [5.74, 6) is -0.938. The predicted octanol–water partition coefficient (Wildman–Crippen LogP) is 0.811. The molecule has 1 N–H and O–H groups in total. The lowest BCUT2D eigenvalue weighted by Crippen LogP contribution is -2.28. The van der Waals surface area contributed by atoms with Gasteiger partial charge < -0.3 is 0 Å². The zero-order chi connectivity index (χ0) is 12.0. The number of halogens is 1. The van der Waals surface area contributed by atoms with E-state index in [4.69, 9.17) is 5.26 Å². The van der Waals surface area contributed by atoms with Crippen molar-refractivity contribution < 1.29 is 12.8 Å². The van der Waals surface area contributed by atoms with Gasteiger partial charge in [-0.15, -0.1) is 0 Å². The van der Waals surface area contributed by atoms with E-state index in [-0.39, 0.29) is 18.8 Å². The van der Waals surface area contributed by atoms with Crippen molar-refractivity contribution in [1.82, 2.24) is 4.72 Å². The van der Waals surface area contributed by atoms with Gasteiger partial charge in [-0.25, -0.2) is 17.5 Å². The molecule has 0 bridgehead atoms. The standard InChI is InChI=1S/C10H11FN2O2S/c11-10-4-2-1-3-9(10)5-7-13-16(14,15)8-6-12/h1-4,13H,5,7-8H2. The molecule has 0 aliphatic rings. The van der Waals surface area contributed by atoms with Crippen LogP contribution in [0.15, 0.2) is 24.3 Å². The maximum absolute atomic E-state index is 13.1. The number of sulfonamides is 1. The second kappa shape index (κ2) is 5.58. The molecule has 0 aromatic heterocycles. The van der Waals surface area contributed by atoms with Crippen LogP contribution in [0.2, 0.25) is 0 Å². The molecule has 1 aromatic rings. The monoisotopic (exact) mass is 242 g/mol. The van der Waals surface area contributed by atoms with Gasteiger partial charge in [0.2, 0.25) is 10.0 Å². The van der Waals surface area contributed by atoms with E-state index < -0.39 is 15.8 Å². The second-order valence-electron chi connectivity index (χ2n) is 3.15. The maximum atomic E-state index is 13.1. The van der Waals surface area contributed by atoms with Crippen LogP contribution in [-0.4, -0.2) is 20.7 Å². The summed E-state index contributed by atoms with van der Waals surface area (Å²) >= 11 is 0. The summed E-state index contributed by atoms with van der Waals surface area (Å²) in [4.78, 5) is 0. The predicted molar refractivity (Wildman–Crippen MR) is 57.5 cm³/mol. The van der Waals surface area contributed by atoms with Gasteiger partial charge in [-0.2, -0.15) is 5.26 Å². The summed E-state index contributed by atoms with van der Waals surface area (Å²) in [6.07, 6.45) is 0.261. The normalized spacial score (nSPS) is 11.0. The SMILES string of the molecule is N#CCS(=O)(=O)NCCc1ccccc1F. The van der Waals surface area contributed by atoms with Gasteiger partial charge in [0.05, 0.1) is 6.07 Å². The highest BCUT2D eigenvalue weighted by atomic mass is 32.2. The lowest BCUT2D eigenvalue weighted by atomic mass is 10.1. The summed E-state index contributed by atoms with van der Waals surface area (Å²) in [5.41, 5.74) is 0.446. The van der Waals surface area contributed by atoms with E-state index in [1.165, 1.54) is 6.07 Å². The Bertz CT molecular complexity index is 494. The third kappa shape index (κ3) is 3.96. The topological polar surface area (TPSA) is 70.0 Å². The molecule has 0 amide bonds. The number of nitriles is 1. The fourth-order valence-electron chi connectivity index (χ4n) is 1.18. The number of hydrogen-bond acceptors (Lipinski definition) is 3. The molecule has 4 nitrogen and oxygen atoms in total. The van der Waals surface area contributed by atoms with Crippen LogP contribution in [0.1, 0.15) is 5.56 Å². The van der Waals surface area contributed by atoms with E-state index in [0.29, 0.717) is 5.56 Å². The molecule has 86 valence electrons. The average molecular weight is 242 g/mol. The van der Waals surface area contributed by atoms with Gasteiger partial charge in [0.15, 0.2) is 5.75 Å². The summed E-state index contributed by atoms with van der Waals surface area (Å²) < 4.78 is 37.5. The molecule has 0 atom stereocenters. The molecule has 0 fully saturated rings. The van der Waals surface area contributed by atoms with Crippen molar-refractivity contribution in [2.75, 3.05) is 12.3 Å². The van der Waals surface area contributed by atoms with Crippen LogP contribution in [0, 0.1) is 17.1 Å². The number of benzene rings is 1. The minimum atomic E-state index is -3.55. The fraction of sp³-hybridized carbons (Fsp3) is 0.300. The lowest BCUT2D eigenvalue weighted by molar-refractivity contribution is 0.580. The number of nitrogens with one attached hydrogen (secondary N) is 1. The minimum absolute atomic E-state index is 0.0882. The lowest BCUT2D eigenvalue weighted by Gasteiger charge is -2.04. The first-order valence-corrected chi connectivity index (χ1v) is 6.28. The van der Waals surface area contributed by atoms with Crippen molar-refractivity contribution in [1.29, 1.82) is 5.26 Å². The summed E-state index contributed by atoms with van der Waals surface area (Å²) in [6, 6.07) is 7.70. The second-order valence-corrected chi connectivity index (χ2v) is 4.96. The molecular weight excluding hydrogens is 231 g/mol. The Hall–Kier alpha value is -1.45. The smallest absolute Gasteiger partial charge is 0.214 e. The molecule has 1 rings (SSSR count). The van der Waals surface area contributed by atoms with E-state index >= 15 is 0 Å². The van der Waals surface area contributed by atoms with Crippen molar-refractivity contribution in [3.63, 3.8) is 0 Å². The molecule has 0 radical (unpaired) electrons. The van der Waals surface area contributed by atoms with Gasteiger partial charge in [-0.05, 0) is 18.1 Å². The van der Waals surface area contributed by atoms with Gasteiger partial charge in [0.25, 0.3) is 0 Å². The molecule has 0 aliphatic carbocycles. The van der Waals surface area contributed by atoms with Crippen molar-refractivity contribution in [3.05, 3.63) is 35.6 Å². The average Bonchev–Trinajstić information content (AvgIpc) is 2.20. The molecule has 0 spiro atoms. The highest BCUT2D eigenvalue weighted by Gasteiger charge is 2.08. The van der Waals surface area contributed by atoms with Crippen LogP contribution in [0.25, 0.3) is 0 Å². The summed E-state index contributed by atoms with van der Waals surface area (Å²) in [6.45, 7) is 0.0882. The number of rotatable bonds is 5. The number of nitrogens with zero attached hydrogens (tertiary/aromatic N) is 1. The third-order valence-electron chi connectivity index (χ3n) is 1.93. The van der Waals surface area contributed by atoms with Crippen LogP contribution >= 0.6 is 0 Å². The first kappa shape index (κ1) is 12.6. The van der Waals surface area contributed by atoms with Crippen LogP contribution in [-0.2, 0) is 16.4 Å². The molecule has 16 heavy (non-hydrogen) atoms. The van der Waals surface area contributed by atoms with E-state index in [1.54, 1.807) is 24.3 Å². The zero-order valence-electron chi connectivity index (χ0n) is 8.48. The van der Waals surface area contributed by atoms with Crippen LogP contribution < -0.4 is 4.72 Å². The molecule has 0 unspecified atom stereocenters. The van der Waals surface area contributed by atoms with Crippen molar-refractivity contribution in [2.45, 2.75) is 6.42 Å². The van der Waals surface area contributed by atoms with Crippen molar-refractivity contribution in [3.8, 4) is 6.07 Å². The Kier molecular flexibility index (Phi) is 4.40. The highest BCUT2D eigenvalue weighted by Crippen LogP contribution is 2.06. The molecular formula is C10H11FN2O2S. The van der Waals surface area contributed by atoms with Gasteiger partial charge in [0, 0.05) is 6.54 Å². The van der Waals surface area contributed by atoms with Crippen LogP contribution in [0.3, 0.4) is 0 Å². The summed E-state index contributed by atoms with van der Waals surface area (Å²) in [5, 5.41) is 8.23. The first-order chi connectivity index (χ1) is 7.55.